The van der Waals surface area contributed by atoms with Gasteiger partial charge in [0.25, 0.3) is 0 Å². The molecule has 32 heavy (non-hydrogen) atoms. The Morgan fingerprint density at radius 1 is 0.938 bits per heavy atom. The van der Waals surface area contributed by atoms with Crippen LogP contribution in [0.15, 0.2) is 60.9 Å². The summed E-state index contributed by atoms with van der Waals surface area (Å²) in [5.74, 6) is 2.56. The number of imidazole rings is 1. The molecule has 1 aliphatic carbocycles. The highest BCUT2D eigenvalue weighted by molar-refractivity contribution is 5.74. The van der Waals surface area contributed by atoms with Crippen molar-refractivity contribution in [2.45, 2.75) is 11.8 Å². The second-order valence-corrected chi connectivity index (χ2v) is 7.66. The van der Waals surface area contributed by atoms with Gasteiger partial charge in [-0.25, -0.2) is 4.98 Å². The number of hydrogen-bond donors (Lipinski definition) is 2. The largest absolute Gasteiger partial charge is 0.493 e. The zero-order valence-electron chi connectivity index (χ0n) is 18.2. The third kappa shape index (κ3) is 3.05. The molecule has 7 nitrogen and oxygen atoms in total. The van der Waals surface area contributed by atoms with Crippen LogP contribution in [0.4, 0.5) is 0 Å². The quantitative estimate of drug-likeness (QED) is 0.476. The fourth-order valence-corrected chi connectivity index (χ4v) is 4.48. The number of aromatic nitrogens is 4. The van der Waals surface area contributed by atoms with Gasteiger partial charge in [0.05, 0.1) is 21.3 Å². The van der Waals surface area contributed by atoms with E-state index in [1.807, 2.05) is 18.2 Å². The van der Waals surface area contributed by atoms with Crippen molar-refractivity contribution < 1.29 is 14.2 Å². The number of ether oxygens (including phenoxy) is 3. The Bertz CT molecular complexity index is 1240. The monoisotopic (exact) mass is 428 g/mol. The summed E-state index contributed by atoms with van der Waals surface area (Å²) in [5, 5.41) is 7.79. The first-order chi connectivity index (χ1) is 15.7. The Morgan fingerprint density at radius 3 is 2.31 bits per heavy atom. The number of nitrogens with zero attached hydrogens (tertiary/aromatic N) is 2. The summed E-state index contributed by atoms with van der Waals surface area (Å²) < 4.78 is 16.8. The molecule has 0 amide bonds. The molecule has 162 valence electrons. The van der Waals surface area contributed by atoms with E-state index in [9.17, 15) is 0 Å². The number of nitrogens with one attached hydrogen (secondary N) is 2. The lowest BCUT2D eigenvalue weighted by Crippen LogP contribution is -2.30. The molecule has 5 rings (SSSR count). The van der Waals surface area contributed by atoms with E-state index >= 15 is 0 Å². The molecule has 7 heteroatoms. The smallest absolute Gasteiger partial charge is 0.203 e. The molecule has 0 radical (unpaired) electrons. The van der Waals surface area contributed by atoms with Gasteiger partial charge in [0.15, 0.2) is 17.3 Å². The average molecular weight is 428 g/mol. The van der Waals surface area contributed by atoms with Gasteiger partial charge in [0.1, 0.15) is 5.69 Å². The fraction of sp³-hybridized carbons (Fsp3) is 0.200. The molecule has 2 aromatic heterocycles. The van der Waals surface area contributed by atoms with Crippen LogP contribution in [0.1, 0.15) is 22.4 Å². The van der Waals surface area contributed by atoms with Gasteiger partial charge in [-0.2, -0.15) is 5.10 Å². The molecular formula is C25H24N4O3. The molecule has 1 unspecified atom stereocenters. The van der Waals surface area contributed by atoms with E-state index in [-0.39, 0.29) is 0 Å². The van der Waals surface area contributed by atoms with Crippen LogP contribution in [0.3, 0.4) is 0 Å². The van der Waals surface area contributed by atoms with Crippen LogP contribution in [-0.4, -0.2) is 41.5 Å². The molecule has 0 bridgehead atoms. The van der Waals surface area contributed by atoms with Gasteiger partial charge in [-0.05, 0) is 23.3 Å². The summed E-state index contributed by atoms with van der Waals surface area (Å²) in [7, 11) is 4.88. The van der Waals surface area contributed by atoms with E-state index in [0.717, 1.165) is 33.9 Å². The maximum atomic E-state index is 5.65. The zero-order valence-corrected chi connectivity index (χ0v) is 18.2. The molecule has 2 N–H and O–H groups in total. The SMILES string of the molecule is COc1cc(C2(c3ccccc3)C=Cc3c(-c4ncc[nH]4)n[nH]c3C2)cc(OC)c1OC. The molecule has 2 aromatic carbocycles. The summed E-state index contributed by atoms with van der Waals surface area (Å²) in [6.45, 7) is 0. The first-order valence-electron chi connectivity index (χ1n) is 10.3. The normalized spacial score (nSPS) is 17.1. The van der Waals surface area contributed by atoms with Crippen molar-refractivity contribution >= 4 is 6.08 Å². The minimum Gasteiger partial charge on any atom is -0.493 e. The lowest BCUT2D eigenvalue weighted by molar-refractivity contribution is 0.323. The number of allylic oxidation sites excluding steroid dienone is 1. The Balaban J connectivity index is 1.70. The average Bonchev–Trinajstić information content (AvgIpc) is 3.52. The van der Waals surface area contributed by atoms with Crippen molar-refractivity contribution in [2.75, 3.05) is 21.3 Å². The number of aromatic amines is 2. The van der Waals surface area contributed by atoms with E-state index in [0.29, 0.717) is 23.7 Å². The first kappa shape index (κ1) is 19.9. The molecule has 1 atom stereocenters. The van der Waals surface area contributed by atoms with Gasteiger partial charge in [0.2, 0.25) is 5.75 Å². The summed E-state index contributed by atoms with van der Waals surface area (Å²) in [5.41, 5.74) is 4.64. The number of fused-ring (bicyclic) bond motifs is 1. The molecule has 0 saturated carbocycles. The van der Waals surface area contributed by atoms with Crippen molar-refractivity contribution in [2.24, 2.45) is 0 Å². The van der Waals surface area contributed by atoms with E-state index in [4.69, 9.17) is 14.2 Å². The number of methoxy groups -OCH3 is 3. The van der Waals surface area contributed by atoms with E-state index in [1.54, 1.807) is 33.7 Å². The molecule has 2 heterocycles. The number of rotatable bonds is 6. The Morgan fingerprint density at radius 2 is 1.69 bits per heavy atom. The standard InChI is InChI=1S/C25H24N4O3/c1-30-20-13-17(14-21(31-2)23(20)32-3)25(16-7-5-4-6-8-16)10-9-18-19(15-25)28-29-22(18)24-26-11-12-27-24/h4-14H,15H2,1-3H3,(H,26,27)(H,28,29). The lowest BCUT2D eigenvalue weighted by Gasteiger charge is -2.35. The molecule has 0 saturated heterocycles. The summed E-state index contributed by atoms with van der Waals surface area (Å²) in [4.78, 5) is 7.51. The minimum atomic E-state index is -0.450. The number of H-pyrrole nitrogens is 2. The van der Waals surface area contributed by atoms with Crippen LogP contribution in [0.5, 0.6) is 17.2 Å². The van der Waals surface area contributed by atoms with Crippen molar-refractivity contribution in [3.8, 4) is 28.8 Å². The van der Waals surface area contributed by atoms with Crippen LogP contribution < -0.4 is 14.2 Å². The van der Waals surface area contributed by atoms with Gasteiger partial charge >= 0.3 is 0 Å². The molecule has 4 aromatic rings. The predicted octanol–water partition coefficient (Wildman–Crippen LogP) is 4.38. The second-order valence-electron chi connectivity index (χ2n) is 7.66. The maximum absolute atomic E-state index is 5.65. The Hall–Kier alpha value is -4.00. The van der Waals surface area contributed by atoms with Crippen molar-refractivity contribution in [1.82, 2.24) is 20.2 Å². The third-order valence-corrected chi connectivity index (χ3v) is 6.06. The first-order valence-corrected chi connectivity index (χ1v) is 10.3. The highest BCUT2D eigenvalue weighted by Crippen LogP contribution is 2.47. The summed E-state index contributed by atoms with van der Waals surface area (Å²) >= 11 is 0. The summed E-state index contributed by atoms with van der Waals surface area (Å²) in [6.07, 6.45) is 8.57. The number of hydrogen-bond acceptors (Lipinski definition) is 5. The topological polar surface area (TPSA) is 85.1 Å². The van der Waals surface area contributed by atoms with E-state index < -0.39 is 5.41 Å². The molecular weight excluding hydrogens is 404 g/mol. The molecule has 1 aliphatic rings. The predicted molar refractivity (Wildman–Crippen MR) is 122 cm³/mol. The molecule has 0 spiro atoms. The maximum Gasteiger partial charge on any atom is 0.203 e. The molecule has 0 aliphatic heterocycles. The second kappa shape index (κ2) is 7.92. The highest BCUT2D eigenvalue weighted by atomic mass is 16.5. The highest BCUT2D eigenvalue weighted by Gasteiger charge is 2.38. The third-order valence-electron chi connectivity index (χ3n) is 6.06. The van der Waals surface area contributed by atoms with Crippen LogP contribution >= 0.6 is 0 Å². The van der Waals surface area contributed by atoms with Gasteiger partial charge in [-0.1, -0.05) is 42.5 Å². The van der Waals surface area contributed by atoms with Gasteiger partial charge in [0, 0.05) is 35.5 Å². The van der Waals surface area contributed by atoms with Crippen molar-refractivity contribution in [3.05, 3.63) is 83.3 Å². The lowest BCUT2D eigenvalue weighted by atomic mass is 9.68. The fourth-order valence-electron chi connectivity index (χ4n) is 4.48. The van der Waals surface area contributed by atoms with Crippen LogP contribution in [0.25, 0.3) is 17.6 Å². The molecule has 0 fully saturated rings. The van der Waals surface area contributed by atoms with Crippen molar-refractivity contribution in [1.29, 1.82) is 0 Å². The van der Waals surface area contributed by atoms with Gasteiger partial charge < -0.3 is 19.2 Å². The van der Waals surface area contributed by atoms with Crippen LogP contribution in [0.2, 0.25) is 0 Å². The van der Waals surface area contributed by atoms with E-state index in [2.05, 4.69) is 56.6 Å². The zero-order chi connectivity index (χ0) is 22.1. The van der Waals surface area contributed by atoms with Crippen LogP contribution in [-0.2, 0) is 11.8 Å². The van der Waals surface area contributed by atoms with Crippen LogP contribution in [0, 0.1) is 0 Å². The van der Waals surface area contributed by atoms with Gasteiger partial charge in [-0.15, -0.1) is 0 Å². The summed E-state index contributed by atoms with van der Waals surface area (Å²) in [6, 6.07) is 14.5. The van der Waals surface area contributed by atoms with E-state index in [1.165, 1.54) is 0 Å². The Kier molecular flexibility index (Phi) is 4.93. The van der Waals surface area contributed by atoms with Crippen molar-refractivity contribution in [3.63, 3.8) is 0 Å². The minimum absolute atomic E-state index is 0.450. The van der Waals surface area contributed by atoms with Gasteiger partial charge in [-0.3, -0.25) is 5.10 Å². The number of benzene rings is 2. The Labute approximate surface area is 186 Å².